The quantitative estimate of drug-likeness (QED) is 0.290. The van der Waals surface area contributed by atoms with Crippen molar-refractivity contribution in [3.8, 4) is 5.75 Å². The minimum absolute atomic E-state index is 0.146. The summed E-state index contributed by atoms with van der Waals surface area (Å²) >= 11 is 17.9. The summed E-state index contributed by atoms with van der Waals surface area (Å²) in [6.45, 7) is 2.11. The second kappa shape index (κ2) is 11.4. The van der Waals surface area contributed by atoms with E-state index in [9.17, 15) is 0 Å². The van der Waals surface area contributed by atoms with Gasteiger partial charge in [0, 0.05) is 17.6 Å². The highest BCUT2D eigenvalue weighted by Gasteiger charge is 2.31. The summed E-state index contributed by atoms with van der Waals surface area (Å²) in [5, 5.41) is 0. The lowest BCUT2D eigenvalue weighted by atomic mass is 9.70. The number of hydrogen-bond donors (Lipinski definition) is 0. The first kappa shape index (κ1) is 20.9. The van der Waals surface area contributed by atoms with Crippen molar-refractivity contribution in [2.45, 2.75) is 57.3 Å². The van der Waals surface area contributed by atoms with Crippen molar-refractivity contribution in [3.05, 3.63) is 29.3 Å². The van der Waals surface area contributed by atoms with Gasteiger partial charge in [-0.2, -0.15) is 0 Å². The molecule has 0 atom stereocenters. The molecule has 1 rings (SSSR count). The normalized spacial score (nSPS) is 11.7. The summed E-state index contributed by atoms with van der Waals surface area (Å²) in [6, 6.07) is 6.58. The monoisotopic (exact) mass is 378 g/mol. The van der Waals surface area contributed by atoms with Crippen LogP contribution >= 0.6 is 34.8 Å². The lowest BCUT2D eigenvalue weighted by Crippen LogP contribution is -2.27. The molecule has 23 heavy (non-hydrogen) atoms. The third-order valence-corrected chi connectivity index (χ3v) is 5.43. The molecule has 0 saturated carbocycles. The average Bonchev–Trinajstić information content (AvgIpc) is 2.57. The number of halogens is 3. The van der Waals surface area contributed by atoms with Crippen LogP contribution in [-0.4, -0.2) is 24.7 Å². The molecule has 0 bridgehead atoms. The molecule has 0 aliphatic rings. The van der Waals surface area contributed by atoms with E-state index in [2.05, 4.69) is 25.1 Å². The standard InChI is InChI=1S/C19H29Cl3O/c1-16-15-17(7-8-18(16)23-2)19(10-5-13-21,11-6-14-22)9-3-4-12-20/h7-8,15H,3-6,9-14H2,1-2H3. The van der Waals surface area contributed by atoms with E-state index in [4.69, 9.17) is 39.5 Å². The van der Waals surface area contributed by atoms with Crippen molar-refractivity contribution in [3.63, 3.8) is 0 Å². The maximum atomic E-state index is 6.00. The number of aryl methyl sites for hydroxylation is 1. The Balaban J connectivity index is 3.12. The van der Waals surface area contributed by atoms with E-state index in [1.54, 1.807) is 7.11 Å². The number of methoxy groups -OCH3 is 1. The Hall–Kier alpha value is -0.110. The van der Waals surface area contributed by atoms with Crippen LogP contribution in [0.3, 0.4) is 0 Å². The summed E-state index contributed by atoms with van der Waals surface area (Å²) < 4.78 is 5.41. The molecule has 132 valence electrons. The van der Waals surface area contributed by atoms with Crippen LogP contribution in [-0.2, 0) is 5.41 Å². The number of rotatable bonds is 12. The molecule has 1 aromatic rings. The summed E-state index contributed by atoms with van der Waals surface area (Å²) in [5.74, 6) is 3.07. The molecular formula is C19H29Cl3O. The zero-order valence-corrected chi connectivity index (χ0v) is 16.6. The van der Waals surface area contributed by atoms with Crippen molar-refractivity contribution in [2.75, 3.05) is 24.7 Å². The Labute approximate surface area is 156 Å². The molecule has 0 amide bonds. The third-order valence-electron chi connectivity index (χ3n) is 4.62. The minimum Gasteiger partial charge on any atom is -0.496 e. The van der Waals surface area contributed by atoms with Crippen LogP contribution in [0.5, 0.6) is 5.75 Å². The van der Waals surface area contributed by atoms with Gasteiger partial charge in [0.15, 0.2) is 0 Å². The van der Waals surface area contributed by atoms with Gasteiger partial charge in [-0.05, 0) is 68.1 Å². The average molecular weight is 380 g/mol. The predicted molar refractivity (Wildman–Crippen MR) is 104 cm³/mol. The van der Waals surface area contributed by atoms with Gasteiger partial charge in [0.25, 0.3) is 0 Å². The molecule has 0 heterocycles. The fourth-order valence-corrected chi connectivity index (χ4v) is 3.84. The van der Waals surface area contributed by atoms with Gasteiger partial charge in [0.1, 0.15) is 5.75 Å². The van der Waals surface area contributed by atoms with Crippen molar-refractivity contribution in [1.29, 1.82) is 0 Å². The van der Waals surface area contributed by atoms with Gasteiger partial charge in [-0.15, -0.1) is 34.8 Å². The molecule has 0 N–H and O–H groups in total. The molecule has 0 spiro atoms. The molecule has 4 heteroatoms. The Kier molecular flexibility index (Phi) is 10.4. The van der Waals surface area contributed by atoms with Gasteiger partial charge in [-0.25, -0.2) is 0 Å². The second-order valence-electron chi connectivity index (χ2n) is 6.20. The van der Waals surface area contributed by atoms with E-state index >= 15 is 0 Å². The summed E-state index contributed by atoms with van der Waals surface area (Å²) in [5.41, 5.74) is 2.72. The highest BCUT2D eigenvalue weighted by atomic mass is 35.5. The largest absolute Gasteiger partial charge is 0.496 e. The maximum Gasteiger partial charge on any atom is 0.121 e. The summed E-state index contributed by atoms with van der Waals surface area (Å²) in [7, 11) is 1.72. The molecular weight excluding hydrogens is 351 g/mol. The van der Waals surface area contributed by atoms with Crippen LogP contribution < -0.4 is 4.74 Å². The summed E-state index contributed by atoms with van der Waals surface area (Å²) in [6.07, 6.45) is 7.58. The fraction of sp³-hybridized carbons (Fsp3) is 0.684. The molecule has 0 radical (unpaired) electrons. The van der Waals surface area contributed by atoms with Gasteiger partial charge >= 0.3 is 0 Å². The van der Waals surface area contributed by atoms with Crippen LogP contribution in [0.25, 0.3) is 0 Å². The number of ether oxygens (including phenoxy) is 1. The van der Waals surface area contributed by atoms with E-state index < -0.39 is 0 Å². The van der Waals surface area contributed by atoms with E-state index in [-0.39, 0.29) is 5.41 Å². The molecule has 0 aromatic heterocycles. The molecule has 0 saturated heterocycles. The van der Waals surface area contributed by atoms with Gasteiger partial charge < -0.3 is 4.74 Å². The summed E-state index contributed by atoms with van der Waals surface area (Å²) in [4.78, 5) is 0. The van der Waals surface area contributed by atoms with E-state index in [1.165, 1.54) is 11.1 Å². The first-order valence-electron chi connectivity index (χ1n) is 8.46. The van der Waals surface area contributed by atoms with Crippen molar-refractivity contribution >= 4 is 34.8 Å². The number of unbranched alkanes of at least 4 members (excludes halogenated alkanes) is 1. The molecule has 0 aliphatic carbocycles. The third kappa shape index (κ3) is 6.36. The minimum atomic E-state index is 0.146. The molecule has 0 fully saturated rings. The van der Waals surface area contributed by atoms with Gasteiger partial charge in [-0.3, -0.25) is 0 Å². The lowest BCUT2D eigenvalue weighted by molar-refractivity contribution is 0.321. The highest BCUT2D eigenvalue weighted by molar-refractivity contribution is 6.18. The van der Waals surface area contributed by atoms with E-state index in [0.29, 0.717) is 11.8 Å². The van der Waals surface area contributed by atoms with Crippen molar-refractivity contribution in [2.24, 2.45) is 0 Å². The lowest BCUT2D eigenvalue weighted by Gasteiger charge is -2.35. The first-order valence-corrected chi connectivity index (χ1v) is 10.1. The molecule has 0 unspecified atom stereocenters. The van der Waals surface area contributed by atoms with Crippen LogP contribution in [0.1, 0.15) is 56.1 Å². The molecule has 0 aliphatic heterocycles. The Morgan fingerprint density at radius 1 is 0.870 bits per heavy atom. The fourth-order valence-electron chi connectivity index (χ4n) is 3.38. The highest BCUT2D eigenvalue weighted by Crippen LogP contribution is 2.41. The number of alkyl halides is 3. The molecule has 1 aromatic carbocycles. The zero-order valence-electron chi connectivity index (χ0n) is 14.3. The topological polar surface area (TPSA) is 9.23 Å². The smallest absolute Gasteiger partial charge is 0.121 e. The first-order chi connectivity index (χ1) is 11.1. The number of hydrogen-bond acceptors (Lipinski definition) is 1. The predicted octanol–water partition coefficient (Wildman–Crippen LogP) is 6.69. The SMILES string of the molecule is COc1ccc(C(CCCCl)(CCCCl)CCCCCl)cc1C. The zero-order chi connectivity index (χ0) is 17.1. The van der Waals surface area contributed by atoms with Gasteiger partial charge in [0.2, 0.25) is 0 Å². The van der Waals surface area contributed by atoms with E-state index in [0.717, 1.165) is 56.6 Å². The van der Waals surface area contributed by atoms with E-state index in [1.807, 2.05) is 0 Å². The van der Waals surface area contributed by atoms with Crippen molar-refractivity contribution < 1.29 is 4.74 Å². The van der Waals surface area contributed by atoms with Crippen LogP contribution in [0.4, 0.5) is 0 Å². The van der Waals surface area contributed by atoms with Crippen LogP contribution in [0.2, 0.25) is 0 Å². The maximum absolute atomic E-state index is 6.00. The number of benzene rings is 1. The van der Waals surface area contributed by atoms with Gasteiger partial charge in [0.05, 0.1) is 7.11 Å². The Morgan fingerprint density at radius 3 is 1.91 bits per heavy atom. The van der Waals surface area contributed by atoms with Crippen LogP contribution in [0, 0.1) is 6.92 Å². The van der Waals surface area contributed by atoms with Gasteiger partial charge in [-0.1, -0.05) is 18.6 Å². The Bertz CT molecular complexity index is 440. The molecule has 1 nitrogen and oxygen atoms in total. The van der Waals surface area contributed by atoms with Crippen LogP contribution in [0.15, 0.2) is 18.2 Å². The van der Waals surface area contributed by atoms with Crippen molar-refractivity contribution in [1.82, 2.24) is 0 Å². The second-order valence-corrected chi connectivity index (χ2v) is 7.33. The Morgan fingerprint density at radius 2 is 1.43 bits per heavy atom.